The van der Waals surface area contributed by atoms with Crippen molar-refractivity contribution in [1.82, 2.24) is 4.90 Å². The maximum Gasteiger partial charge on any atom is 0.253 e. The van der Waals surface area contributed by atoms with E-state index >= 15 is 4.39 Å². The summed E-state index contributed by atoms with van der Waals surface area (Å²) in [6, 6.07) is 5.26. The molecule has 0 heterocycles. The van der Waals surface area contributed by atoms with Crippen LogP contribution in [0.5, 0.6) is 0 Å². The van der Waals surface area contributed by atoms with E-state index in [1.165, 1.54) is 22.5 Å². The number of carbonyl (C=O) groups excluding carboxylic acids is 1. The molecule has 2 nitrogen and oxygen atoms in total. The first kappa shape index (κ1) is 22.1. The Morgan fingerprint density at radius 2 is 1.96 bits per heavy atom. The minimum Gasteiger partial charge on any atom is -0.345 e. The molecule has 2 rings (SSSR count). The molecule has 0 atom stereocenters. The van der Waals surface area contributed by atoms with Crippen LogP contribution in [0, 0.1) is 5.41 Å². The molecular weight excluding hydrogens is 349 g/mol. The molecule has 0 radical (unpaired) electrons. The summed E-state index contributed by atoms with van der Waals surface area (Å²) in [5.41, 5.74) is 5.51. The molecule has 0 N–H and O–H groups in total. The zero-order chi connectivity index (χ0) is 21.1. The molecule has 0 aliphatic heterocycles. The summed E-state index contributed by atoms with van der Waals surface area (Å²) in [5, 5.41) is 0. The summed E-state index contributed by atoms with van der Waals surface area (Å²) in [6.07, 6.45) is 8.17. The number of rotatable bonds is 5. The Morgan fingerprint density at radius 3 is 2.54 bits per heavy atom. The highest BCUT2D eigenvalue weighted by molar-refractivity contribution is 5.94. The van der Waals surface area contributed by atoms with Crippen molar-refractivity contribution < 1.29 is 9.18 Å². The second kappa shape index (κ2) is 8.89. The van der Waals surface area contributed by atoms with Gasteiger partial charge in [-0.05, 0) is 73.8 Å². The standard InChI is InChI=1S/C25H34FNO/c1-8-19-16-20(24(28)27(6)7)12-13-21(19)23(26)18(3)11-14-22-17(2)10-9-15-25(22,4)5/h11-14,16H,8-10,15H2,1-7H3/b14-11+,23-18-. The van der Waals surface area contributed by atoms with Gasteiger partial charge in [-0.1, -0.05) is 44.6 Å². The molecule has 0 saturated heterocycles. The zero-order valence-corrected chi connectivity index (χ0v) is 18.4. The lowest BCUT2D eigenvalue weighted by Crippen LogP contribution is -2.21. The first-order valence-electron chi connectivity index (χ1n) is 10.2. The van der Waals surface area contributed by atoms with Gasteiger partial charge in [0.25, 0.3) is 5.91 Å². The monoisotopic (exact) mass is 383 g/mol. The van der Waals surface area contributed by atoms with Crippen molar-refractivity contribution in [3.05, 3.63) is 63.8 Å². The Labute approximate surface area is 169 Å². The van der Waals surface area contributed by atoms with Gasteiger partial charge < -0.3 is 4.90 Å². The highest BCUT2D eigenvalue weighted by Gasteiger charge is 2.26. The number of nitrogens with zero attached hydrogens (tertiary/aromatic N) is 1. The summed E-state index contributed by atoms with van der Waals surface area (Å²) < 4.78 is 15.2. The lowest BCUT2D eigenvalue weighted by Gasteiger charge is -2.33. The fourth-order valence-electron chi connectivity index (χ4n) is 4.00. The van der Waals surface area contributed by atoms with Crippen LogP contribution in [0.1, 0.15) is 75.4 Å². The van der Waals surface area contributed by atoms with E-state index in [4.69, 9.17) is 0 Å². The van der Waals surface area contributed by atoms with Crippen LogP contribution in [-0.4, -0.2) is 24.9 Å². The van der Waals surface area contributed by atoms with Crippen molar-refractivity contribution in [3.63, 3.8) is 0 Å². The number of allylic oxidation sites excluding steroid dienone is 5. The molecule has 0 saturated carbocycles. The van der Waals surface area contributed by atoms with Crippen LogP contribution < -0.4 is 0 Å². The molecule has 0 bridgehead atoms. The Hall–Kier alpha value is -2.16. The molecule has 28 heavy (non-hydrogen) atoms. The molecule has 0 spiro atoms. The normalized spacial score (nSPS) is 17.7. The van der Waals surface area contributed by atoms with E-state index in [2.05, 4.69) is 26.8 Å². The smallest absolute Gasteiger partial charge is 0.253 e. The number of amides is 1. The molecule has 1 aromatic rings. The Balaban J connectivity index is 2.39. The number of carbonyl (C=O) groups is 1. The molecule has 1 aliphatic carbocycles. The predicted molar refractivity (Wildman–Crippen MR) is 117 cm³/mol. The van der Waals surface area contributed by atoms with Crippen molar-refractivity contribution in [2.75, 3.05) is 14.1 Å². The van der Waals surface area contributed by atoms with Crippen LogP contribution in [0.2, 0.25) is 0 Å². The van der Waals surface area contributed by atoms with Crippen LogP contribution >= 0.6 is 0 Å². The van der Waals surface area contributed by atoms with E-state index in [-0.39, 0.29) is 17.1 Å². The van der Waals surface area contributed by atoms with Crippen molar-refractivity contribution in [2.24, 2.45) is 5.41 Å². The summed E-state index contributed by atoms with van der Waals surface area (Å²) in [6.45, 7) is 10.5. The number of hydrogen-bond acceptors (Lipinski definition) is 1. The fraction of sp³-hybridized carbons (Fsp3) is 0.480. The highest BCUT2D eigenvalue weighted by atomic mass is 19.1. The molecule has 0 aromatic heterocycles. The summed E-state index contributed by atoms with van der Waals surface area (Å²) >= 11 is 0. The third kappa shape index (κ3) is 4.81. The first-order valence-corrected chi connectivity index (χ1v) is 10.2. The van der Waals surface area contributed by atoms with E-state index in [0.29, 0.717) is 23.1 Å². The maximum atomic E-state index is 15.2. The van der Waals surface area contributed by atoms with E-state index < -0.39 is 0 Å². The van der Waals surface area contributed by atoms with Gasteiger partial charge in [0.1, 0.15) is 5.83 Å². The van der Waals surface area contributed by atoms with Crippen molar-refractivity contribution in [1.29, 1.82) is 0 Å². The molecule has 0 fully saturated rings. The van der Waals surface area contributed by atoms with E-state index in [9.17, 15) is 4.79 Å². The predicted octanol–water partition coefficient (Wildman–Crippen LogP) is 6.73. The number of aryl methyl sites for hydroxylation is 1. The van der Waals surface area contributed by atoms with Crippen molar-refractivity contribution in [3.8, 4) is 0 Å². The quantitative estimate of drug-likeness (QED) is 0.516. The van der Waals surface area contributed by atoms with Crippen LogP contribution in [0.25, 0.3) is 5.83 Å². The van der Waals surface area contributed by atoms with Crippen molar-refractivity contribution in [2.45, 2.75) is 60.3 Å². The third-order valence-corrected chi connectivity index (χ3v) is 5.76. The van der Waals surface area contributed by atoms with Gasteiger partial charge in [-0.25, -0.2) is 4.39 Å². The molecule has 1 aliphatic rings. The number of halogens is 1. The Morgan fingerprint density at radius 1 is 1.29 bits per heavy atom. The lowest BCUT2D eigenvalue weighted by molar-refractivity contribution is 0.0827. The lowest BCUT2D eigenvalue weighted by atomic mass is 9.72. The molecule has 0 unspecified atom stereocenters. The van der Waals surface area contributed by atoms with Gasteiger partial charge in [0.05, 0.1) is 0 Å². The molecule has 1 amide bonds. The Bertz CT molecular complexity index is 840. The SMILES string of the molecule is CCc1cc(C(=O)N(C)C)ccc1/C(F)=C(C)/C=C/C1=C(C)CCCC1(C)C. The molecule has 1 aromatic carbocycles. The summed E-state index contributed by atoms with van der Waals surface area (Å²) in [7, 11) is 3.45. The second-order valence-corrected chi connectivity index (χ2v) is 8.69. The van der Waals surface area contributed by atoms with E-state index in [1.54, 1.807) is 26.2 Å². The largest absolute Gasteiger partial charge is 0.345 e. The topological polar surface area (TPSA) is 20.3 Å². The van der Waals surface area contributed by atoms with Gasteiger partial charge in [-0.15, -0.1) is 0 Å². The zero-order valence-electron chi connectivity index (χ0n) is 18.4. The van der Waals surface area contributed by atoms with Crippen LogP contribution in [0.3, 0.4) is 0 Å². The average molecular weight is 384 g/mol. The molecular formula is C25H34FNO. The van der Waals surface area contributed by atoms with Gasteiger partial charge in [-0.2, -0.15) is 0 Å². The fourth-order valence-corrected chi connectivity index (χ4v) is 4.00. The second-order valence-electron chi connectivity index (χ2n) is 8.69. The van der Waals surface area contributed by atoms with Gasteiger partial charge in [0.2, 0.25) is 0 Å². The summed E-state index contributed by atoms with van der Waals surface area (Å²) in [4.78, 5) is 13.7. The minimum atomic E-state index is -0.219. The van der Waals surface area contributed by atoms with Crippen LogP contribution in [0.4, 0.5) is 4.39 Å². The van der Waals surface area contributed by atoms with Gasteiger partial charge in [0.15, 0.2) is 0 Å². The van der Waals surface area contributed by atoms with E-state index in [1.807, 2.05) is 26.0 Å². The van der Waals surface area contributed by atoms with Gasteiger partial charge >= 0.3 is 0 Å². The molecule has 3 heteroatoms. The number of hydrogen-bond donors (Lipinski definition) is 0. The van der Waals surface area contributed by atoms with Crippen molar-refractivity contribution >= 4 is 11.7 Å². The minimum absolute atomic E-state index is 0.0656. The maximum absolute atomic E-state index is 15.2. The van der Waals surface area contributed by atoms with Gasteiger partial charge in [0, 0.05) is 25.2 Å². The summed E-state index contributed by atoms with van der Waals surface area (Å²) in [5.74, 6) is -0.284. The Kier molecular flexibility index (Phi) is 7.03. The third-order valence-electron chi connectivity index (χ3n) is 5.76. The van der Waals surface area contributed by atoms with Crippen LogP contribution in [0.15, 0.2) is 47.1 Å². The van der Waals surface area contributed by atoms with Crippen LogP contribution in [-0.2, 0) is 6.42 Å². The van der Waals surface area contributed by atoms with Gasteiger partial charge in [-0.3, -0.25) is 4.79 Å². The molecule has 152 valence electrons. The highest BCUT2D eigenvalue weighted by Crippen LogP contribution is 2.41. The average Bonchev–Trinajstić information content (AvgIpc) is 2.65. The van der Waals surface area contributed by atoms with E-state index in [0.717, 1.165) is 18.4 Å². The number of benzene rings is 1. The first-order chi connectivity index (χ1) is 13.1.